The Hall–Kier alpha value is -2.04. The van der Waals surface area contributed by atoms with E-state index in [0.29, 0.717) is 12.5 Å². The summed E-state index contributed by atoms with van der Waals surface area (Å²) in [4.78, 5) is 25.5. The van der Waals surface area contributed by atoms with Gasteiger partial charge in [0.05, 0.1) is 5.69 Å². The van der Waals surface area contributed by atoms with Crippen LogP contribution in [0.4, 0.5) is 5.95 Å². The maximum atomic E-state index is 6.09. The molecule has 1 fully saturated rings. The van der Waals surface area contributed by atoms with Crippen molar-refractivity contribution in [1.29, 1.82) is 0 Å². The lowest BCUT2D eigenvalue weighted by molar-refractivity contribution is 0.378. The fourth-order valence-electron chi connectivity index (χ4n) is 2.43. The number of guanidine groups is 1. The van der Waals surface area contributed by atoms with E-state index in [1.54, 1.807) is 31.0 Å². The zero-order valence-corrected chi connectivity index (χ0v) is 15.7. The van der Waals surface area contributed by atoms with Gasteiger partial charge in [0.15, 0.2) is 5.96 Å². The van der Waals surface area contributed by atoms with Crippen molar-refractivity contribution in [3.8, 4) is 0 Å². The van der Waals surface area contributed by atoms with Crippen LogP contribution in [0.15, 0.2) is 42.0 Å². The van der Waals surface area contributed by atoms with Gasteiger partial charge in [0.2, 0.25) is 5.95 Å². The molecule has 0 radical (unpaired) electrons. The minimum Gasteiger partial charge on any atom is -0.370 e. The summed E-state index contributed by atoms with van der Waals surface area (Å²) in [5.41, 5.74) is 7.01. The first-order chi connectivity index (χ1) is 11.3. The highest BCUT2D eigenvalue weighted by Gasteiger charge is 2.19. The summed E-state index contributed by atoms with van der Waals surface area (Å²) in [7, 11) is 0. The van der Waals surface area contributed by atoms with Crippen molar-refractivity contribution < 1.29 is 0 Å². The Kier molecular flexibility index (Phi) is 7.09. The number of anilines is 1. The molecule has 3 heterocycles. The third kappa shape index (κ3) is 4.98. The highest BCUT2D eigenvalue weighted by atomic mass is 127. The molecule has 0 aromatic carbocycles. The van der Waals surface area contributed by atoms with Crippen molar-refractivity contribution >= 4 is 35.9 Å². The fraction of sp³-hybridized carbons (Fsp3) is 0.400. The normalized spacial score (nSPS) is 15.1. The Morgan fingerprint density at radius 2 is 1.79 bits per heavy atom. The first-order valence-electron chi connectivity index (χ1n) is 7.64. The van der Waals surface area contributed by atoms with E-state index in [-0.39, 0.29) is 24.0 Å². The molecule has 0 amide bonds. The van der Waals surface area contributed by atoms with Crippen LogP contribution in [0.25, 0.3) is 0 Å². The van der Waals surface area contributed by atoms with Gasteiger partial charge >= 0.3 is 0 Å². The summed E-state index contributed by atoms with van der Waals surface area (Å²) in [5, 5.41) is 0. The van der Waals surface area contributed by atoms with Crippen LogP contribution < -0.4 is 10.6 Å². The summed E-state index contributed by atoms with van der Waals surface area (Å²) < 4.78 is 0. The number of rotatable bonds is 4. The Balaban J connectivity index is 0.00000208. The zero-order valence-electron chi connectivity index (χ0n) is 13.3. The maximum Gasteiger partial charge on any atom is 0.225 e. The number of halogens is 1. The predicted molar refractivity (Wildman–Crippen MR) is 103 cm³/mol. The average molecular weight is 440 g/mol. The Morgan fingerprint density at radius 3 is 2.46 bits per heavy atom. The molecule has 1 aliphatic rings. The van der Waals surface area contributed by atoms with Crippen molar-refractivity contribution in [3.05, 3.63) is 42.7 Å². The molecule has 0 atom stereocenters. The lowest BCUT2D eigenvalue weighted by atomic mass is 10.3. The molecule has 3 rings (SSSR count). The Bertz CT molecular complexity index is 628. The van der Waals surface area contributed by atoms with Gasteiger partial charge in [0.25, 0.3) is 0 Å². The average Bonchev–Trinajstić information content (AvgIpc) is 2.63. The van der Waals surface area contributed by atoms with Crippen molar-refractivity contribution in [2.75, 3.05) is 37.6 Å². The Morgan fingerprint density at radius 1 is 1.04 bits per heavy atom. The van der Waals surface area contributed by atoms with Gasteiger partial charge in [0.1, 0.15) is 0 Å². The van der Waals surface area contributed by atoms with E-state index in [0.717, 1.165) is 44.2 Å². The van der Waals surface area contributed by atoms with Crippen LogP contribution in [-0.2, 0) is 6.42 Å². The first-order valence-corrected chi connectivity index (χ1v) is 7.64. The quantitative estimate of drug-likeness (QED) is 0.422. The minimum atomic E-state index is 0. The molecule has 0 bridgehead atoms. The molecule has 1 saturated heterocycles. The lowest BCUT2D eigenvalue weighted by Gasteiger charge is -2.35. The van der Waals surface area contributed by atoms with Crippen LogP contribution in [-0.4, -0.2) is 63.5 Å². The zero-order chi connectivity index (χ0) is 15.9. The SMILES string of the molecule is I.NC(=NCCc1cnccn1)N1CCN(c2ncccn2)CC1. The molecule has 24 heavy (non-hydrogen) atoms. The van der Waals surface area contributed by atoms with Crippen LogP contribution in [0.3, 0.4) is 0 Å². The van der Waals surface area contributed by atoms with Gasteiger partial charge in [0, 0.05) is 70.1 Å². The number of nitrogens with zero attached hydrogens (tertiary/aromatic N) is 7. The van der Waals surface area contributed by atoms with Gasteiger partial charge in [-0.2, -0.15) is 0 Å². The molecule has 0 aliphatic carbocycles. The molecule has 2 aromatic rings. The molecule has 0 saturated carbocycles. The van der Waals surface area contributed by atoms with Crippen molar-refractivity contribution in [2.45, 2.75) is 6.42 Å². The van der Waals surface area contributed by atoms with Crippen molar-refractivity contribution in [3.63, 3.8) is 0 Å². The standard InChI is InChI=1S/C15H20N8.HI/c16-14(19-5-2-13-12-17-6-7-18-13)22-8-10-23(11-9-22)15-20-3-1-4-21-15;/h1,3-4,6-7,12H,2,5,8-11H2,(H2,16,19);1H. The van der Waals surface area contributed by atoms with Crippen LogP contribution in [0.2, 0.25) is 0 Å². The minimum absolute atomic E-state index is 0. The highest BCUT2D eigenvalue weighted by molar-refractivity contribution is 14.0. The van der Waals surface area contributed by atoms with E-state index >= 15 is 0 Å². The van der Waals surface area contributed by atoms with E-state index < -0.39 is 0 Å². The van der Waals surface area contributed by atoms with E-state index in [1.807, 2.05) is 6.07 Å². The number of nitrogens with two attached hydrogens (primary N) is 1. The van der Waals surface area contributed by atoms with Crippen molar-refractivity contribution in [2.24, 2.45) is 10.7 Å². The van der Waals surface area contributed by atoms with Crippen LogP contribution in [0, 0.1) is 0 Å². The molecule has 1 aliphatic heterocycles. The van der Waals surface area contributed by atoms with Crippen LogP contribution >= 0.6 is 24.0 Å². The lowest BCUT2D eigenvalue weighted by Crippen LogP contribution is -2.51. The third-order valence-corrected chi connectivity index (χ3v) is 3.70. The summed E-state index contributed by atoms with van der Waals surface area (Å²) >= 11 is 0. The van der Waals surface area contributed by atoms with Gasteiger partial charge < -0.3 is 15.5 Å². The second-order valence-electron chi connectivity index (χ2n) is 5.21. The van der Waals surface area contributed by atoms with Crippen molar-refractivity contribution in [1.82, 2.24) is 24.8 Å². The number of aromatic nitrogens is 4. The van der Waals surface area contributed by atoms with E-state index in [4.69, 9.17) is 5.73 Å². The summed E-state index contributed by atoms with van der Waals surface area (Å²) in [5.74, 6) is 1.35. The molecular formula is C15H21IN8. The monoisotopic (exact) mass is 440 g/mol. The van der Waals surface area contributed by atoms with Gasteiger partial charge in [-0.1, -0.05) is 0 Å². The van der Waals surface area contributed by atoms with Gasteiger partial charge in [-0.3, -0.25) is 15.0 Å². The van der Waals surface area contributed by atoms with E-state index in [2.05, 4.69) is 34.7 Å². The predicted octanol–water partition coefficient (Wildman–Crippen LogP) is 0.564. The fourth-order valence-corrected chi connectivity index (χ4v) is 2.43. The van der Waals surface area contributed by atoms with Gasteiger partial charge in [-0.15, -0.1) is 24.0 Å². The van der Waals surface area contributed by atoms with E-state index in [1.165, 1.54) is 0 Å². The second kappa shape index (κ2) is 9.30. The molecular weight excluding hydrogens is 419 g/mol. The summed E-state index contributed by atoms with van der Waals surface area (Å²) in [6, 6.07) is 1.82. The van der Waals surface area contributed by atoms with Crippen LogP contribution in [0.5, 0.6) is 0 Å². The number of hydrogen-bond donors (Lipinski definition) is 1. The van der Waals surface area contributed by atoms with Crippen LogP contribution in [0.1, 0.15) is 5.69 Å². The highest BCUT2D eigenvalue weighted by Crippen LogP contribution is 2.09. The molecule has 2 aromatic heterocycles. The van der Waals surface area contributed by atoms with E-state index in [9.17, 15) is 0 Å². The second-order valence-corrected chi connectivity index (χ2v) is 5.21. The topological polar surface area (TPSA) is 96.4 Å². The summed E-state index contributed by atoms with van der Waals surface area (Å²) in [6.07, 6.45) is 9.37. The molecule has 0 spiro atoms. The van der Waals surface area contributed by atoms with Gasteiger partial charge in [-0.05, 0) is 6.07 Å². The molecule has 128 valence electrons. The number of aliphatic imine (C=N–C) groups is 1. The molecule has 0 unspecified atom stereocenters. The number of piperazine rings is 1. The maximum absolute atomic E-state index is 6.09. The molecule has 2 N–H and O–H groups in total. The first kappa shape index (κ1) is 18.3. The smallest absolute Gasteiger partial charge is 0.225 e. The molecule has 8 nitrogen and oxygen atoms in total. The summed E-state index contributed by atoms with van der Waals surface area (Å²) in [6.45, 7) is 3.93. The Labute approximate surface area is 158 Å². The van der Waals surface area contributed by atoms with Gasteiger partial charge in [-0.25, -0.2) is 9.97 Å². The number of hydrogen-bond acceptors (Lipinski definition) is 6. The molecule has 9 heteroatoms. The largest absolute Gasteiger partial charge is 0.370 e. The third-order valence-electron chi connectivity index (χ3n) is 3.70.